The molecule has 31 heavy (non-hydrogen) atoms. The SMILES string of the molecule is CCCCCCCCCCCCCC[Si]1CCNC1(c1ccccc1)c1ccccc1. The highest BCUT2D eigenvalue weighted by molar-refractivity contribution is 6.64. The average molecular weight is 435 g/mol. The summed E-state index contributed by atoms with van der Waals surface area (Å²) in [4.78, 5) is 0. The molecule has 169 valence electrons. The molecule has 1 radical (unpaired) electrons. The zero-order valence-corrected chi connectivity index (χ0v) is 20.9. The Bertz CT molecular complexity index is 660. The van der Waals surface area contributed by atoms with Crippen LogP contribution in [0.5, 0.6) is 0 Å². The van der Waals surface area contributed by atoms with Gasteiger partial charge in [0.15, 0.2) is 0 Å². The molecule has 0 aromatic heterocycles. The monoisotopic (exact) mass is 434 g/mol. The third kappa shape index (κ3) is 7.05. The molecule has 3 rings (SSSR count). The van der Waals surface area contributed by atoms with Gasteiger partial charge in [-0.15, -0.1) is 0 Å². The van der Waals surface area contributed by atoms with E-state index in [0.717, 1.165) is 6.54 Å². The van der Waals surface area contributed by atoms with E-state index in [4.69, 9.17) is 0 Å². The summed E-state index contributed by atoms with van der Waals surface area (Å²) in [5.74, 6) is 0. The fourth-order valence-corrected chi connectivity index (χ4v) is 8.99. The molecule has 0 saturated carbocycles. The Morgan fingerprint density at radius 3 is 1.58 bits per heavy atom. The molecule has 0 amide bonds. The predicted octanol–water partition coefficient (Wildman–Crippen LogP) is 8.27. The largest absolute Gasteiger partial charge is 0.307 e. The van der Waals surface area contributed by atoms with Gasteiger partial charge in [-0.05, 0) is 23.7 Å². The summed E-state index contributed by atoms with van der Waals surface area (Å²) in [6, 6.07) is 25.3. The lowest BCUT2D eigenvalue weighted by molar-refractivity contribution is 0.546. The summed E-state index contributed by atoms with van der Waals surface area (Å²) in [6.07, 6.45) is 17.2. The van der Waals surface area contributed by atoms with Crippen LogP contribution in [0.3, 0.4) is 0 Å². The van der Waals surface area contributed by atoms with Gasteiger partial charge in [0, 0.05) is 0 Å². The van der Waals surface area contributed by atoms with Crippen molar-refractivity contribution in [3.63, 3.8) is 0 Å². The van der Waals surface area contributed by atoms with Gasteiger partial charge in [-0.25, -0.2) is 0 Å². The summed E-state index contributed by atoms with van der Waals surface area (Å²) in [5.41, 5.74) is 2.96. The van der Waals surface area contributed by atoms with Crippen LogP contribution in [0.4, 0.5) is 0 Å². The Hall–Kier alpha value is -1.38. The molecule has 2 heteroatoms. The summed E-state index contributed by atoms with van der Waals surface area (Å²) in [7, 11) is -0.537. The number of rotatable bonds is 15. The zero-order valence-electron chi connectivity index (χ0n) is 19.9. The third-order valence-electron chi connectivity index (χ3n) is 7.09. The molecule has 1 saturated heterocycles. The number of hydrogen-bond donors (Lipinski definition) is 1. The molecule has 0 atom stereocenters. The summed E-state index contributed by atoms with van der Waals surface area (Å²) in [6.45, 7) is 3.46. The molecule has 2 aromatic rings. The van der Waals surface area contributed by atoms with Gasteiger partial charge in [0.25, 0.3) is 0 Å². The highest BCUT2D eigenvalue weighted by Gasteiger charge is 2.45. The summed E-state index contributed by atoms with van der Waals surface area (Å²) < 4.78 is 0. The Morgan fingerprint density at radius 1 is 0.645 bits per heavy atom. The van der Waals surface area contributed by atoms with Gasteiger partial charge in [-0.3, -0.25) is 0 Å². The van der Waals surface area contributed by atoms with Gasteiger partial charge in [0.1, 0.15) is 0 Å². The maximum absolute atomic E-state index is 3.99. The van der Waals surface area contributed by atoms with E-state index in [9.17, 15) is 0 Å². The van der Waals surface area contributed by atoms with E-state index in [0.29, 0.717) is 0 Å². The minimum absolute atomic E-state index is 0.0883. The maximum Gasteiger partial charge on any atom is 0.0864 e. The fraction of sp³-hybridized carbons (Fsp3) is 0.586. The minimum atomic E-state index is -0.537. The molecular formula is C29H44NSi. The lowest BCUT2D eigenvalue weighted by Crippen LogP contribution is -2.48. The topological polar surface area (TPSA) is 12.0 Å². The van der Waals surface area contributed by atoms with E-state index in [1.54, 1.807) is 0 Å². The molecule has 1 nitrogen and oxygen atoms in total. The van der Waals surface area contributed by atoms with Crippen LogP contribution in [0.25, 0.3) is 0 Å². The smallest absolute Gasteiger partial charge is 0.0864 e. The van der Waals surface area contributed by atoms with Crippen LogP contribution in [0.1, 0.15) is 95.1 Å². The average Bonchev–Trinajstić information content (AvgIpc) is 3.26. The van der Waals surface area contributed by atoms with Crippen molar-refractivity contribution in [2.24, 2.45) is 0 Å². The van der Waals surface area contributed by atoms with E-state index in [-0.39, 0.29) is 5.16 Å². The van der Waals surface area contributed by atoms with Crippen LogP contribution in [0.15, 0.2) is 60.7 Å². The molecule has 1 aliphatic heterocycles. The van der Waals surface area contributed by atoms with Crippen molar-refractivity contribution >= 4 is 8.80 Å². The number of unbranched alkanes of at least 4 members (excludes halogenated alkanes) is 11. The van der Waals surface area contributed by atoms with Crippen LogP contribution in [0.2, 0.25) is 12.1 Å². The van der Waals surface area contributed by atoms with Crippen LogP contribution in [-0.4, -0.2) is 15.3 Å². The molecule has 1 aliphatic rings. The van der Waals surface area contributed by atoms with Crippen LogP contribution in [0, 0.1) is 0 Å². The van der Waals surface area contributed by atoms with Crippen LogP contribution >= 0.6 is 0 Å². The highest BCUT2D eigenvalue weighted by atomic mass is 28.3. The standard InChI is InChI=1S/C29H44NSi/c1-2-3-4-5-6-7-8-9-10-11-12-19-25-31-26-24-30-29(31,27-20-15-13-16-21-27)28-22-17-14-18-23-28/h13-18,20-23,30H,2-12,19,24-26H2,1H3. The minimum Gasteiger partial charge on any atom is -0.307 e. The molecular weight excluding hydrogens is 390 g/mol. The van der Waals surface area contributed by atoms with E-state index < -0.39 is 8.80 Å². The Kier molecular flexibility index (Phi) is 10.9. The highest BCUT2D eigenvalue weighted by Crippen LogP contribution is 2.39. The van der Waals surface area contributed by atoms with Crippen molar-refractivity contribution in [2.45, 2.75) is 101 Å². The van der Waals surface area contributed by atoms with Crippen molar-refractivity contribution < 1.29 is 0 Å². The lowest BCUT2D eigenvalue weighted by Gasteiger charge is -2.36. The molecule has 0 aliphatic carbocycles. The Balaban J connectivity index is 1.42. The summed E-state index contributed by atoms with van der Waals surface area (Å²) in [5, 5.41) is 4.08. The predicted molar refractivity (Wildman–Crippen MR) is 138 cm³/mol. The molecule has 1 N–H and O–H groups in total. The second-order valence-electron chi connectivity index (χ2n) is 9.40. The van der Waals surface area contributed by atoms with Gasteiger partial charge in [-0.2, -0.15) is 0 Å². The molecule has 0 unspecified atom stereocenters. The van der Waals surface area contributed by atoms with Gasteiger partial charge in [0.05, 0.1) is 14.0 Å². The van der Waals surface area contributed by atoms with E-state index in [1.807, 2.05) is 0 Å². The molecule has 1 heterocycles. The van der Waals surface area contributed by atoms with Crippen molar-refractivity contribution in [1.29, 1.82) is 0 Å². The number of benzene rings is 2. The van der Waals surface area contributed by atoms with Crippen molar-refractivity contribution in [3.05, 3.63) is 71.8 Å². The van der Waals surface area contributed by atoms with Crippen molar-refractivity contribution in [2.75, 3.05) is 6.54 Å². The first-order valence-corrected chi connectivity index (χ1v) is 15.0. The lowest BCUT2D eigenvalue weighted by atomic mass is 9.97. The van der Waals surface area contributed by atoms with Crippen LogP contribution in [-0.2, 0) is 5.16 Å². The van der Waals surface area contributed by atoms with E-state index >= 15 is 0 Å². The van der Waals surface area contributed by atoms with Gasteiger partial charge < -0.3 is 5.32 Å². The quantitative estimate of drug-likeness (QED) is 0.220. The van der Waals surface area contributed by atoms with E-state index in [1.165, 1.54) is 100 Å². The first kappa shape index (κ1) is 24.3. The second kappa shape index (κ2) is 13.9. The van der Waals surface area contributed by atoms with Crippen molar-refractivity contribution in [3.8, 4) is 0 Å². The Morgan fingerprint density at radius 2 is 1.10 bits per heavy atom. The fourth-order valence-electron chi connectivity index (χ4n) is 5.36. The third-order valence-corrected chi connectivity index (χ3v) is 10.7. The first-order chi connectivity index (χ1) is 15.4. The van der Waals surface area contributed by atoms with E-state index in [2.05, 4.69) is 72.9 Å². The number of nitrogens with one attached hydrogen (secondary N) is 1. The molecule has 0 spiro atoms. The molecule has 1 fully saturated rings. The van der Waals surface area contributed by atoms with Gasteiger partial charge >= 0.3 is 0 Å². The Labute approximate surface area is 193 Å². The van der Waals surface area contributed by atoms with Gasteiger partial charge in [-0.1, -0.05) is 151 Å². The summed E-state index contributed by atoms with van der Waals surface area (Å²) >= 11 is 0. The second-order valence-corrected chi connectivity index (χ2v) is 12.4. The first-order valence-electron chi connectivity index (χ1n) is 13.1. The number of hydrogen-bond acceptors (Lipinski definition) is 1. The van der Waals surface area contributed by atoms with Crippen LogP contribution < -0.4 is 5.32 Å². The molecule has 0 bridgehead atoms. The van der Waals surface area contributed by atoms with Gasteiger partial charge in [0.2, 0.25) is 0 Å². The molecule has 2 aromatic carbocycles. The normalized spacial score (nSPS) is 16.0. The van der Waals surface area contributed by atoms with Crippen molar-refractivity contribution in [1.82, 2.24) is 5.32 Å². The maximum atomic E-state index is 3.99. The zero-order chi connectivity index (χ0) is 21.6.